The number of rotatable bonds is 8. The molecule has 0 spiro atoms. The lowest BCUT2D eigenvalue weighted by molar-refractivity contribution is -0.141. The fourth-order valence-electron chi connectivity index (χ4n) is 2.38. The first-order valence-electron chi connectivity index (χ1n) is 7.77. The Morgan fingerprint density at radius 3 is 2.55 bits per heavy atom. The molecule has 0 radical (unpaired) electrons. The third kappa shape index (κ3) is 4.76. The van der Waals surface area contributed by atoms with Gasteiger partial charge in [0.05, 0.1) is 7.11 Å². The summed E-state index contributed by atoms with van der Waals surface area (Å²) in [6, 6.07) is 7.12. The van der Waals surface area contributed by atoms with Gasteiger partial charge in [-0.15, -0.1) is 0 Å². The van der Waals surface area contributed by atoms with Crippen molar-refractivity contribution in [1.29, 1.82) is 0 Å². The highest BCUT2D eigenvalue weighted by Gasteiger charge is 2.27. The minimum absolute atomic E-state index is 0.0269. The second kappa shape index (κ2) is 9.07. The van der Waals surface area contributed by atoms with Gasteiger partial charge in [-0.05, 0) is 31.0 Å². The number of carbonyl (C=O) groups excluding carboxylic acids is 2. The molecule has 122 valence electrons. The normalized spacial score (nSPS) is 11.6. The van der Waals surface area contributed by atoms with E-state index in [1.54, 1.807) is 12.0 Å². The van der Waals surface area contributed by atoms with Crippen LogP contribution in [0.15, 0.2) is 24.3 Å². The van der Waals surface area contributed by atoms with E-state index in [0.717, 1.165) is 11.3 Å². The minimum Gasteiger partial charge on any atom is -0.497 e. The van der Waals surface area contributed by atoms with Crippen LogP contribution in [0, 0.1) is 0 Å². The van der Waals surface area contributed by atoms with E-state index in [1.807, 2.05) is 45.0 Å². The monoisotopic (exact) mass is 306 g/mol. The van der Waals surface area contributed by atoms with Crippen molar-refractivity contribution in [2.24, 2.45) is 0 Å². The summed E-state index contributed by atoms with van der Waals surface area (Å²) in [5, 5.41) is 2.81. The molecule has 0 saturated carbocycles. The Kier molecular flexibility index (Phi) is 7.43. The van der Waals surface area contributed by atoms with Gasteiger partial charge in [-0.1, -0.05) is 26.0 Å². The molecule has 5 nitrogen and oxygen atoms in total. The van der Waals surface area contributed by atoms with E-state index < -0.39 is 6.04 Å². The van der Waals surface area contributed by atoms with Gasteiger partial charge < -0.3 is 15.0 Å². The van der Waals surface area contributed by atoms with Crippen molar-refractivity contribution < 1.29 is 14.3 Å². The van der Waals surface area contributed by atoms with Crippen LogP contribution in [-0.2, 0) is 16.1 Å². The second-order valence-corrected chi connectivity index (χ2v) is 5.05. The van der Waals surface area contributed by atoms with Crippen molar-refractivity contribution >= 4 is 11.8 Å². The molecule has 0 fully saturated rings. The first kappa shape index (κ1) is 18.0. The molecule has 1 aromatic rings. The van der Waals surface area contributed by atoms with Crippen LogP contribution in [0.3, 0.4) is 0 Å². The van der Waals surface area contributed by atoms with Gasteiger partial charge in [0.2, 0.25) is 11.8 Å². The van der Waals surface area contributed by atoms with E-state index in [4.69, 9.17) is 4.74 Å². The molecule has 0 saturated heterocycles. The summed E-state index contributed by atoms with van der Waals surface area (Å²) >= 11 is 0. The maximum Gasteiger partial charge on any atom is 0.242 e. The molecular weight excluding hydrogens is 280 g/mol. The molecule has 1 aromatic carbocycles. The number of amides is 2. The third-order valence-corrected chi connectivity index (χ3v) is 3.53. The number of carbonyl (C=O) groups is 2. The van der Waals surface area contributed by atoms with Crippen molar-refractivity contribution in [3.8, 4) is 5.75 Å². The molecule has 0 bridgehead atoms. The summed E-state index contributed by atoms with van der Waals surface area (Å²) in [5.41, 5.74) is 0.948. The first-order valence-corrected chi connectivity index (χ1v) is 7.77. The standard InChI is InChI=1S/C17H26N2O3/c1-5-15(17(21)18-7-3)19(16(20)6-2)12-13-9-8-10-14(11-13)22-4/h8-11,15H,5-7,12H2,1-4H3,(H,18,21). The number of hydrogen-bond donors (Lipinski definition) is 1. The number of benzene rings is 1. The van der Waals surface area contributed by atoms with Gasteiger partial charge in [0.25, 0.3) is 0 Å². The molecule has 0 aromatic heterocycles. The molecule has 1 rings (SSSR count). The van der Waals surface area contributed by atoms with Gasteiger partial charge in [-0.2, -0.15) is 0 Å². The quantitative estimate of drug-likeness (QED) is 0.802. The highest BCUT2D eigenvalue weighted by molar-refractivity contribution is 5.87. The lowest BCUT2D eigenvalue weighted by Gasteiger charge is -2.30. The highest BCUT2D eigenvalue weighted by atomic mass is 16.5. The van der Waals surface area contributed by atoms with E-state index in [0.29, 0.717) is 25.9 Å². The zero-order chi connectivity index (χ0) is 16.5. The molecule has 1 atom stereocenters. The van der Waals surface area contributed by atoms with Crippen LogP contribution in [0.1, 0.15) is 39.2 Å². The Bertz CT molecular complexity index is 502. The zero-order valence-electron chi connectivity index (χ0n) is 13.9. The smallest absolute Gasteiger partial charge is 0.242 e. The number of nitrogens with one attached hydrogen (secondary N) is 1. The summed E-state index contributed by atoms with van der Waals surface area (Å²) in [7, 11) is 1.61. The predicted octanol–water partition coefficient (Wildman–Crippen LogP) is 2.35. The molecule has 1 N–H and O–H groups in total. The topological polar surface area (TPSA) is 58.6 Å². The van der Waals surface area contributed by atoms with Gasteiger partial charge in [0, 0.05) is 19.5 Å². The van der Waals surface area contributed by atoms with Gasteiger partial charge in [0.1, 0.15) is 11.8 Å². The molecule has 0 aliphatic carbocycles. The first-order chi connectivity index (χ1) is 10.6. The highest BCUT2D eigenvalue weighted by Crippen LogP contribution is 2.17. The molecule has 22 heavy (non-hydrogen) atoms. The molecule has 2 amide bonds. The molecule has 1 unspecified atom stereocenters. The lowest BCUT2D eigenvalue weighted by atomic mass is 10.1. The fourth-order valence-corrected chi connectivity index (χ4v) is 2.38. The van der Waals surface area contributed by atoms with Gasteiger partial charge in [0.15, 0.2) is 0 Å². The number of ether oxygens (including phenoxy) is 1. The van der Waals surface area contributed by atoms with Crippen LogP contribution in [0.5, 0.6) is 5.75 Å². The summed E-state index contributed by atoms with van der Waals surface area (Å²) in [6.07, 6.45) is 0.960. The van der Waals surface area contributed by atoms with Crippen molar-refractivity contribution in [3.63, 3.8) is 0 Å². The van der Waals surface area contributed by atoms with Crippen LogP contribution in [-0.4, -0.2) is 36.4 Å². The van der Waals surface area contributed by atoms with Gasteiger partial charge in [-0.25, -0.2) is 0 Å². The third-order valence-electron chi connectivity index (χ3n) is 3.53. The summed E-state index contributed by atoms with van der Waals surface area (Å²) in [5.74, 6) is 0.614. The minimum atomic E-state index is -0.446. The van der Waals surface area contributed by atoms with Crippen LogP contribution >= 0.6 is 0 Å². The molecule has 5 heteroatoms. The van der Waals surface area contributed by atoms with Gasteiger partial charge >= 0.3 is 0 Å². The molecule has 0 aliphatic rings. The van der Waals surface area contributed by atoms with Crippen molar-refractivity contribution in [2.75, 3.05) is 13.7 Å². The largest absolute Gasteiger partial charge is 0.497 e. The maximum absolute atomic E-state index is 12.3. The van der Waals surface area contributed by atoms with E-state index in [2.05, 4.69) is 5.32 Å². The Hall–Kier alpha value is -2.04. The molecule has 0 heterocycles. The Morgan fingerprint density at radius 1 is 1.27 bits per heavy atom. The second-order valence-electron chi connectivity index (χ2n) is 5.05. The van der Waals surface area contributed by atoms with E-state index in [9.17, 15) is 9.59 Å². The SMILES string of the molecule is CCNC(=O)C(CC)N(Cc1cccc(OC)c1)C(=O)CC. The van der Waals surface area contributed by atoms with E-state index >= 15 is 0 Å². The number of hydrogen-bond acceptors (Lipinski definition) is 3. The van der Waals surface area contributed by atoms with E-state index in [-0.39, 0.29) is 11.8 Å². The predicted molar refractivity (Wildman–Crippen MR) is 86.6 cm³/mol. The van der Waals surface area contributed by atoms with Gasteiger partial charge in [-0.3, -0.25) is 9.59 Å². The summed E-state index contributed by atoms with van der Waals surface area (Å²) in [6.45, 7) is 6.56. The van der Waals surface area contributed by atoms with Crippen LogP contribution in [0.2, 0.25) is 0 Å². The Morgan fingerprint density at radius 2 is 2.00 bits per heavy atom. The summed E-state index contributed by atoms with van der Waals surface area (Å²) in [4.78, 5) is 26.2. The molecule has 0 aliphatic heterocycles. The lowest BCUT2D eigenvalue weighted by Crippen LogP contribution is -2.48. The molecular formula is C17H26N2O3. The van der Waals surface area contributed by atoms with Crippen LogP contribution in [0.25, 0.3) is 0 Å². The number of likely N-dealkylation sites (N-methyl/N-ethyl adjacent to an activating group) is 1. The Balaban J connectivity index is 3.00. The average Bonchev–Trinajstić information content (AvgIpc) is 2.54. The van der Waals surface area contributed by atoms with Crippen molar-refractivity contribution in [2.45, 2.75) is 46.2 Å². The average molecular weight is 306 g/mol. The van der Waals surface area contributed by atoms with E-state index in [1.165, 1.54) is 0 Å². The fraction of sp³-hybridized carbons (Fsp3) is 0.529. The number of methoxy groups -OCH3 is 1. The van der Waals surface area contributed by atoms with Crippen LogP contribution < -0.4 is 10.1 Å². The zero-order valence-corrected chi connectivity index (χ0v) is 13.9. The number of nitrogens with zero attached hydrogens (tertiary/aromatic N) is 1. The Labute approximate surface area is 132 Å². The van der Waals surface area contributed by atoms with Crippen molar-refractivity contribution in [3.05, 3.63) is 29.8 Å². The summed E-state index contributed by atoms with van der Waals surface area (Å²) < 4.78 is 5.21. The van der Waals surface area contributed by atoms with Crippen LogP contribution in [0.4, 0.5) is 0 Å². The maximum atomic E-state index is 12.3. The van der Waals surface area contributed by atoms with Crippen molar-refractivity contribution in [1.82, 2.24) is 10.2 Å².